The summed E-state index contributed by atoms with van der Waals surface area (Å²) in [6.45, 7) is 11.5. The molecule has 0 aliphatic heterocycles. The Labute approximate surface area is 203 Å². The van der Waals surface area contributed by atoms with Crippen LogP contribution in [0.1, 0.15) is 63.1 Å². The molecule has 34 heavy (non-hydrogen) atoms. The lowest BCUT2D eigenvalue weighted by molar-refractivity contribution is 0.519. The molecule has 4 aromatic rings. The van der Waals surface area contributed by atoms with E-state index < -0.39 is 0 Å². The molecule has 2 nitrogen and oxygen atoms in total. The number of nitrogens with zero attached hydrogens (tertiary/aromatic N) is 2. The smallest absolute Gasteiger partial charge is 0.0488 e. The first-order valence-electron chi connectivity index (χ1n) is 13.1. The molecule has 0 saturated heterocycles. The van der Waals surface area contributed by atoms with Gasteiger partial charge in [-0.1, -0.05) is 64.1 Å². The van der Waals surface area contributed by atoms with Crippen molar-refractivity contribution in [1.29, 1.82) is 0 Å². The number of benzene rings is 2. The molecule has 2 heteroatoms. The second kappa shape index (κ2) is 8.34. The zero-order chi connectivity index (χ0) is 23.4. The number of allylic oxidation sites excluding steroid dienone is 2. The summed E-state index contributed by atoms with van der Waals surface area (Å²) in [6, 6.07) is 18.0. The molecule has 0 bridgehead atoms. The Hall–Kier alpha value is -3.00. The number of hydrogen-bond donors (Lipinski definition) is 0. The van der Waals surface area contributed by atoms with Gasteiger partial charge in [-0.25, -0.2) is 0 Å². The monoisotopic (exact) mass is 448 g/mol. The van der Waals surface area contributed by atoms with Crippen molar-refractivity contribution in [3.63, 3.8) is 0 Å². The van der Waals surface area contributed by atoms with Gasteiger partial charge in [-0.3, -0.25) is 0 Å². The summed E-state index contributed by atoms with van der Waals surface area (Å²) in [7, 11) is 0. The van der Waals surface area contributed by atoms with Crippen LogP contribution in [-0.4, -0.2) is 9.13 Å². The van der Waals surface area contributed by atoms with Crippen molar-refractivity contribution in [2.75, 3.05) is 0 Å². The highest BCUT2D eigenvalue weighted by Gasteiger charge is 2.25. The third-order valence-electron chi connectivity index (χ3n) is 7.65. The van der Waals surface area contributed by atoms with Gasteiger partial charge in [-0.05, 0) is 73.0 Å². The molecule has 6 rings (SSSR count). The van der Waals surface area contributed by atoms with Crippen molar-refractivity contribution in [3.8, 4) is 0 Å². The number of aromatic nitrogens is 2. The summed E-state index contributed by atoms with van der Waals surface area (Å²) in [6.07, 6.45) is 9.63. The average molecular weight is 449 g/mol. The van der Waals surface area contributed by atoms with Crippen molar-refractivity contribution in [2.45, 2.75) is 66.5 Å². The third-order valence-corrected chi connectivity index (χ3v) is 7.65. The van der Waals surface area contributed by atoms with E-state index in [0.29, 0.717) is 11.8 Å². The van der Waals surface area contributed by atoms with Crippen LogP contribution in [0.15, 0.2) is 59.7 Å². The Bertz CT molecular complexity index is 1340. The van der Waals surface area contributed by atoms with Crippen molar-refractivity contribution < 1.29 is 0 Å². The molecule has 174 valence electrons. The van der Waals surface area contributed by atoms with Crippen molar-refractivity contribution in [3.05, 3.63) is 82.2 Å². The fraction of sp³-hybridized carbons (Fsp3) is 0.375. The zero-order valence-corrected chi connectivity index (χ0v) is 21.1. The van der Waals surface area contributed by atoms with Gasteiger partial charge in [0.1, 0.15) is 0 Å². The average Bonchev–Trinajstić information content (AvgIpc) is 3.31. The molecule has 0 N–H and O–H groups in total. The van der Waals surface area contributed by atoms with E-state index >= 15 is 0 Å². The van der Waals surface area contributed by atoms with Crippen LogP contribution in [-0.2, 0) is 25.9 Å². The van der Waals surface area contributed by atoms with Crippen LogP contribution >= 0.6 is 0 Å². The number of para-hydroxylation sites is 2. The molecule has 2 heterocycles. The number of hydrogen-bond acceptors (Lipinski definition) is 0. The summed E-state index contributed by atoms with van der Waals surface area (Å²) in [5.74, 6) is 1.29. The molecule has 0 atom stereocenters. The van der Waals surface area contributed by atoms with Gasteiger partial charge in [-0.2, -0.15) is 0 Å². The molecule has 0 unspecified atom stereocenters. The molecule has 0 fully saturated rings. The minimum atomic E-state index is 0.646. The molecule has 2 aromatic carbocycles. The van der Waals surface area contributed by atoms with E-state index in [1.807, 2.05) is 0 Å². The van der Waals surface area contributed by atoms with Gasteiger partial charge in [0.15, 0.2) is 0 Å². The highest BCUT2D eigenvalue weighted by molar-refractivity contribution is 5.95. The summed E-state index contributed by atoms with van der Waals surface area (Å²) < 4.78 is 5.19. The topological polar surface area (TPSA) is 9.86 Å². The predicted molar refractivity (Wildman–Crippen MR) is 146 cm³/mol. The van der Waals surface area contributed by atoms with Gasteiger partial charge < -0.3 is 9.13 Å². The largest absolute Gasteiger partial charge is 0.344 e. The van der Waals surface area contributed by atoms with Gasteiger partial charge in [-0.15, -0.1) is 0 Å². The van der Waals surface area contributed by atoms with Crippen LogP contribution in [0.4, 0.5) is 0 Å². The van der Waals surface area contributed by atoms with Gasteiger partial charge in [0.2, 0.25) is 0 Å². The Morgan fingerprint density at radius 2 is 1.00 bits per heavy atom. The van der Waals surface area contributed by atoms with E-state index in [2.05, 4.69) is 97.5 Å². The van der Waals surface area contributed by atoms with Crippen molar-refractivity contribution in [2.24, 2.45) is 11.8 Å². The fourth-order valence-corrected chi connectivity index (χ4v) is 6.28. The standard InChI is InChI=1S/C32H36N2/c1-21(2)19-33-29-11-7-5-9-25(29)27-17-23(13-15-31(27)33)24-14-16-32-28(18-24)26-10-6-8-12-30(26)34(32)20-22(3)4/h5-12,17-18,21-22H,13-16,19-20H2,1-4H3. The summed E-state index contributed by atoms with van der Waals surface area (Å²) in [5, 5.41) is 2.84. The van der Waals surface area contributed by atoms with E-state index in [-0.39, 0.29) is 0 Å². The lowest BCUT2D eigenvalue weighted by atomic mass is 9.85. The van der Waals surface area contributed by atoms with E-state index in [1.165, 1.54) is 44.3 Å². The maximum atomic E-state index is 2.59. The maximum absolute atomic E-state index is 2.59. The second-order valence-electron chi connectivity index (χ2n) is 11.1. The Morgan fingerprint density at radius 1 is 0.588 bits per heavy atom. The lowest BCUT2D eigenvalue weighted by Gasteiger charge is -2.23. The SMILES string of the molecule is CC(C)Cn1c2c(c3ccccc31)C=C(C1=Cc3c(n(CC(C)C)c4ccccc34)CC1)CC2. The minimum Gasteiger partial charge on any atom is -0.344 e. The minimum absolute atomic E-state index is 0.646. The summed E-state index contributed by atoms with van der Waals surface area (Å²) in [5.41, 5.74) is 11.9. The van der Waals surface area contributed by atoms with Crippen molar-refractivity contribution in [1.82, 2.24) is 9.13 Å². The summed E-state index contributed by atoms with van der Waals surface area (Å²) in [4.78, 5) is 0. The summed E-state index contributed by atoms with van der Waals surface area (Å²) >= 11 is 0. The zero-order valence-electron chi connectivity index (χ0n) is 21.1. The van der Waals surface area contributed by atoms with Crippen LogP contribution in [0.25, 0.3) is 34.0 Å². The first kappa shape index (κ1) is 21.5. The van der Waals surface area contributed by atoms with Gasteiger partial charge >= 0.3 is 0 Å². The van der Waals surface area contributed by atoms with Crippen molar-refractivity contribution >= 4 is 34.0 Å². The predicted octanol–water partition coefficient (Wildman–Crippen LogP) is 8.27. The highest BCUT2D eigenvalue weighted by atomic mass is 15.0. The maximum Gasteiger partial charge on any atom is 0.0488 e. The van der Waals surface area contributed by atoms with E-state index in [9.17, 15) is 0 Å². The number of rotatable bonds is 5. The van der Waals surface area contributed by atoms with Gasteiger partial charge in [0, 0.05) is 57.4 Å². The number of fused-ring (bicyclic) bond motifs is 6. The van der Waals surface area contributed by atoms with Gasteiger partial charge in [0.05, 0.1) is 0 Å². The lowest BCUT2D eigenvalue weighted by Crippen LogP contribution is -2.13. The molecule has 2 aromatic heterocycles. The third kappa shape index (κ3) is 3.47. The first-order chi connectivity index (χ1) is 16.5. The van der Waals surface area contributed by atoms with E-state index in [1.54, 1.807) is 11.1 Å². The van der Waals surface area contributed by atoms with E-state index in [0.717, 1.165) is 38.8 Å². The van der Waals surface area contributed by atoms with Crippen LogP contribution in [0.5, 0.6) is 0 Å². The molecule has 0 spiro atoms. The van der Waals surface area contributed by atoms with Crippen LogP contribution in [0.2, 0.25) is 0 Å². The molecular formula is C32H36N2. The van der Waals surface area contributed by atoms with Gasteiger partial charge in [0.25, 0.3) is 0 Å². The normalized spacial score (nSPS) is 15.7. The molecule has 2 aliphatic carbocycles. The molecule has 0 amide bonds. The van der Waals surface area contributed by atoms with Crippen LogP contribution in [0.3, 0.4) is 0 Å². The molecule has 0 radical (unpaired) electrons. The Balaban J connectivity index is 1.47. The van der Waals surface area contributed by atoms with E-state index in [4.69, 9.17) is 0 Å². The van der Waals surface area contributed by atoms with Crippen LogP contribution in [0, 0.1) is 11.8 Å². The first-order valence-corrected chi connectivity index (χ1v) is 13.1. The Kier molecular flexibility index (Phi) is 5.28. The highest BCUT2D eigenvalue weighted by Crippen LogP contribution is 2.41. The quantitative estimate of drug-likeness (QED) is 0.291. The molecule has 0 saturated carbocycles. The molecule has 2 aliphatic rings. The Morgan fingerprint density at radius 3 is 1.41 bits per heavy atom. The second-order valence-corrected chi connectivity index (χ2v) is 11.1. The van der Waals surface area contributed by atoms with Crippen LogP contribution < -0.4 is 0 Å². The fourth-order valence-electron chi connectivity index (χ4n) is 6.28. The molecular weight excluding hydrogens is 412 g/mol.